The summed E-state index contributed by atoms with van der Waals surface area (Å²) in [5, 5.41) is 9.75. The second-order valence-corrected chi connectivity index (χ2v) is 7.45. The second-order valence-electron chi connectivity index (χ2n) is 6.00. The predicted octanol–water partition coefficient (Wildman–Crippen LogP) is 3.12. The molecule has 1 unspecified atom stereocenters. The van der Waals surface area contributed by atoms with Gasteiger partial charge in [-0.15, -0.1) is 0 Å². The summed E-state index contributed by atoms with van der Waals surface area (Å²) in [6, 6.07) is 0. The van der Waals surface area contributed by atoms with Crippen molar-refractivity contribution in [3.05, 3.63) is 0 Å². The third-order valence-corrected chi connectivity index (χ3v) is 4.50. The van der Waals surface area contributed by atoms with Gasteiger partial charge in [0.15, 0.2) is 5.78 Å². The van der Waals surface area contributed by atoms with E-state index in [4.69, 9.17) is 4.55 Å². The Bertz CT molecular complexity index is 387. The van der Waals surface area contributed by atoms with Gasteiger partial charge < -0.3 is 5.11 Å². The molecule has 0 fully saturated rings. The maximum atomic E-state index is 11.7. The Balaban J connectivity index is 3.70. The van der Waals surface area contributed by atoms with E-state index in [1.807, 2.05) is 0 Å². The number of aliphatic hydroxyl groups is 1. The first-order valence-electron chi connectivity index (χ1n) is 7.90. The molecule has 0 heterocycles. The van der Waals surface area contributed by atoms with Gasteiger partial charge in [-0.2, -0.15) is 8.42 Å². The summed E-state index contributed by atoms with van der Waals surface area (Å²) in [6.45, 7) is 3.32. The molecule has 2 N–H and O–H groups in total. The van der Waals surface area contributed by atoms with E-state index in [2.05, 4.69) is 6.92 Å². The van der Waals surface area contributed by atoms with Gasteiger partial charge in [-0.05, 0) is 13.3 Å². The largest absolute Gasteiger partial charge is 0.381 e. The smallest absolute Gasteiger partial charge is 0.268 e. The number of ketones is 1. The van der Waals surface area contributed by atoms with Crippen LogP contribution in [0.3, 0.4) is 0 Å². The first-order valence-corrected chi connectivity index (χ1v) is 9.51. The Labute approximate surface area is 128 Å². The number of hydrogen-bond donors (Lipinski definition) is 2. The minimum atomic E-state index is -4.35. The Morgan fingerprint density at radius 1 is 0.952 bits per heavy atom. The van der Waals surface area contributed by atoms with E-state index < -0.39 is 27.3 Å². The molecule has 0 aliphatic rings. The van der Waals surface area contributed by atoms with E-state index in [1.54, 1.807) is 0 Å². The van der Waals surface area contributed by atoms with Crippen molar-refractivity contribution in [3.8, 4) is 0 Å². The van der Waals surface area contributed by atoms with Gasteiger partial charge in [0.1, 0.15) is 11.4 Å². The molecule has 0 saturated heterocycles. The van der Waals surface area contributed by atoms with Gasteiger partial charge in [0.05, 0.1) is 0 Å². The number of carbonyl (C=O) groups is 1. The molecular weight excluding hydrogens is 292 g/mol. The highest BCUT2D eigenvalue weighted by atomic mass is 32.2. The average Bonchev–Trinajstić information content (AvgIpc) is 2.33. The van der Waals surface area contributed by atoms with Crippen LogP contribution in [-0.2, 0) is 14.9 Å². The van der Waals surface area contributed by atoms with Gasteiger partial charge in [0, 0.05) is 6.42 Å². The maximum absolute atomic E-state index is 11.7. The average molecular weight is 322 g/mol. The van der Waals surface area contributed by atoms with Crippen molar-refractivity contribution in [3.63, 3.8) is 0 Å². The molecule has 0 amide bonds. The molecule has 6 heteroatoms. The topological polar surface area (TPSA) is 91.7 Å². The molecule has 21 heavy (non-hydrogen) atoms. The molecule has 0 aromatic rings. The lowest BCUT2D eigenvalue weighted by Crippen LogP contribution is -2.41. The van der Waals surface area contributed by atoms with Crippen molar-refractivity contribution in [2.75, 3.05) is 5.75 Å². The molecule has 0 rings (SSSR count). The summed E-state index contributed by atoms with van der Waals surface area (Å²) in [5.74, 6) is -1.46. The van der Waals surface area contributed by atoms with E-state index in [-0.39, 0.29) is 6.42 Å². The van der Waals surface area contributed by atoms with E-state index in [0.29, 0.717) is 6.42 Å². The van der Waals surface area contributed by atoms with Crippen LogP contribution in [0.25, 0.3) is 0 Å². The summed E-state index contributed by atoms with van der Waals surface area (Å²) < 4.78 is 30.1. The number of Topliss-reactive ketones (excluding diaryl/α,β-unsaturated/α-hetero) is 1. The fraction of sp³-hybridized carbons (Fsp3) is 0.933. The van der Waals surface area contributed by atoms with Gasteiger partial charge in [-0.1, -0.05) is 58.3 Å². The van der Waals surface area contributed by atoms with Crippen LogP contribution < -0.4 is 0 Å². The van der Waals surface area contributed by atoms with Crippen molar-refractivity contribution < 1.29 is 22.9 Å². The van der Waals surface area contributed by atoms with Gasteiger partial charge in [0.25, 0.3) is 10.1 Å². The molecule has 0 bridgehead atoms. The van der Waals surface area contributed by atoms with Crippen LogP contribution in [0.5, 0.6) is 0 Å². The van der Waals surface area contributed by atoms with Crippen LogP contribution in [0, 0.1) is 0 Å². The minimum Gasteiger partial charge on any atom is -0.381 e. The molecular formula is C15H30O5S. The number of carbonyl (C=O) groups excluding carboxylic acids is 1. The van der Waals surface area contributed by atoms with Crippen LogP contribution in [0.2, 0.25) is 0 Å². The summed E-state index contributed by atoms with van der Waals surface area (Å²) in [4.78, 5) is 11.7. The van der Waals surface area contributed by atoms with Gasteiger partial charge in [-0.25, -0.2) is 0 Å². The van der Waals surface area contributed by atoms with Crippen molar-refractivity contribution in [2.24, 2.45) is 0 Å². The second kappa shape index (κ2) is 10.3. The molecule has 126 valence electrons. The third-order valence-electron chi connectivity index (χ3n) is 3.57. The summed E-state index contributed by atoms with van der Waals surface area (Å²) in [6.07, 6.45) is 10.2. The van der Waals surface area contributed by atoms with Gasteiger partial charge >= 0.3 is 0 Å². The molecule has 5 nitrogen and oxygen atoms in total. The van der Waals surface area contributed by atoms with Crippen LogP contribution in [0.4, 0.5) is 0 Å². The van der Waals surface area contributed by atoms with Gasteiger partial charge in [-0.3, -0.25) is 9.35 Å². The number of rotatable bonds is 13. The van der Waals surface area contributed by atoms with Crippen LogP contribution in [-0.4, -0.2) is 35.2 Å². The normalized spacial score (nSPS) is 14.9. The first kappa shape index (κ1) is 20.5. The van der Waals surface area contributed by atoms with Crippen LogP contribution in [0.15, 0.2) is 0 Å². The standard InChI is InChI=1S/C15H30O5S/c1-3-4-5-6-7-8-9-10-11-12-14(16)15(2,17)13-21(18,19)20/h17H,3-13H2,1-2H3,(H,18,19,20). The van der Waals surface area contributed by atoms with E-state index >= 15 is 0 Å². The lowest BCUT2D eigenvalue weighted by atomic mass is 9.97. The minimum absolute atomic E-state index is 0.151. The van der Waals surface area contributed by atoms with Crippen molar-refractivity contribution >= 4 is 15.9 Å². The Morgan fingerprint density at radius 2 is 1.38 bits per heavy atom. The van der Waals surface area contributed by atoms with E-state index in [0.717, 1.165) is 26.2 Å². The van der Waals surface area contributed by atoms with Crippen LogP contribution in [0.1, 0.15) is 78.1 Å². The lowest BCUT2D eigenvalue weighted by molar-refractivity contribution is -0.133. The fourth-order valence-electron chi connectivity index (χ4n) is 2.30. The zero-order valence-electron chi connectivity index (χ0n) is 13.3. The molecule has 0 aliphatic carbocycles. The van der Waals surface area contributed by atoms with Crippen molar-refractivity contribution in [1.29, 1.82) is 0 Å². The summed E-state index contributed by atoms with van der Waals surface area (Å²) in [7, 11) is -4.35. The van der Waals surface area contributed by atoms with E-state index in [9.17, 15) is 18.3 Å². The maximum Gasteiger partial charge on any atom is 0.268 e. The SMILES string of the molecule is CCCCCCCCCCCC(=O)C(C)(O)CS(=O)(=O)O. The molecule has 0 spiro atoms. The number of hydrogen-bond acceptors (Lipinski definition) is 4. The Morgan fingerprint density at radius 3 is 1.81 bits per heavy atom. The molecule has 0 aliphatic heterocycles. The first-order chi connectivity index (χ1) is 9.69. The Kier molecular flexibility index (Phi) is 10.1. The van der Waals surface area contributed by atoms with Crippen molar-refractivity contribution in [1.82, 2.24) is 0 Å². The highest BCUT2D eigenvalue weighted by molar-refractivity contribution is 7.85. The zero-order valence-corrected chi connectivity index (χ0v) is 14.1. The highest BCUT2D eigenvalue weighted by Gasteiger charge is 2.34. The number of unbranched alkanes of at least 4 members (excludes halogenated alkanes) is 8. The molecule has 1 atom stereocenters. The highest BCUT2D eigenvalue weighted by Crippen LogP contribution is 2.15. The van der Waals surface area contributed by atoms with E-state index in [1.165, 1.54) is 32.1 Å². The molecule has 0 aromatic heterocycles. The molecule has 0 saturated carbocycles. The Hall–Kier alpha value is -0.460. The monoisotopic (exact) mass is 322 g/mol. The lowest BCUT2D eigenvalue weighted by Gasteiger charge is -2.19. The molecule has 0 aromatic carbocycles. The molecule has 0 radical (unpaired) electrons. The third kappa shape index (κ3) is 11.8. The predicted molar refractivity (Wildman–Crippen MR) is 83.9 cm³/mol. The summed E-state index contributed by atoms with van der Waals surface area (Å²) in [5.41, 5.74) is -1.99. The summed E-state index contributed by atoms with van der Waals surface area (Å²) >= 11 is 0. The van der Waals surface area contributed by atoms with Gasteiger partial charge in [0.2, 0.25) is 0 Å². The van der Waals surface area contributed by atoms with Crippen molar-refractivity contribution in [2.45, 2.75) is 83.7 Å². The zero-order chi connectivity index (χ0) is 16.4. The fourth-order valence-corrected chi connectivity index (χ4v) is 3.17. The quantitative estimate of drug-likeness (QED) is 0.401. The van der Waals surface area contributed by atoms with Crippen LogP contribution >= 0.6 is 0 Å².